The minimum absolute atomic E-state index is 0.0308. The summed E-state index contributed by atoms with van der Waals surface area (Å²) in [5.41, 5.74) is 0.0308. The van der Waals surface area contributed by atoms with Gasteiger partial charge in [0.2, 0.25) is 9.84 Å². The molecule has 0 aliphatic rings. The van der Waals surface area contributed by atoms with E-state index in [-0.39, 0.29) is 5.46 Å². The van der Waals surface area contributed by atoms with E-state index in [4.69, 9.17) is 10.0 Å². The second-order valence-corrected chi connectivity index (χ2v) is 4.67. The van der Waals surface area contributed by atoms with Gasteiger partial charge in [-0.15, -0.1) is 0 Å². The van der Waals surface area contributed by atoms with Crippen LogP contribution in [0.15, 0.2) is 29.2 Å². The van der Waals surface area contributed by atoms with Crippen molar-refractivity contribution >= 4 is 22.4 Å². The van der Waals surface area contributed by atoms with E-state index in [1.807, 2.05) is 0 Å². The first-order chi connectivity index (χ1) is 6.85. The van der Waals surface area contributed by atoms with E-state index in [1.54, 1.807) is 0 Å². The molecular formula is C7H7BF2O4S. The maximum absolute atomic E-state index is 12.1. The number of hydrogen-bond donors (Lipinski definition) is 2. The average molecular weight is 236 g/mol. The molecular weight excluding hydrogens is 229 g/mol. The van der Waals surface area contributed by atoms with Crippen molar-refractivity contribution in [1.82, 2.24) is 0 Å². The third kappa shape index (κ3) is 2.52. The molecule has 0 aliphatic carbocycles. The molecule has 1 aromatic carbocycles. The molecule has 4 nitrogen and oxygen atoms in total. The van der Waals surface area contributed by atoms with Crippen LogP contribution in [0.2, 0.25) is 0 Å². The Bertz CT molecular complexity index is 429. The molecule has 0 aliphatic heterocycles. The van der Waals surface area contributed by atoms with Crippen LogP contribution in [0.4, 0.5) is 8.78 Å². The van der Waals surface area contributed by atoms with Crippen molar-refractivity contribution in [3.8, 4) is 0 Å². The minimum atomic E-state index is -4.62. The highest BCUT2D eigenvalue weighted by molar-refractivity contribution is 7.91. The van der Waals surface area contributed by atoms with Gasteiger partial charge >= 0.3 is 12.9 Å². The van der Waals surface area contributed by atoms with E-state index in [0.29, 0.717) is 0 Å². The van der Waals surface area contributed by atoms with Gasteiger partial charge in [-0.1, -0.05) is 12.1 Å². The van der Waals surface area contributed by atoms with Gasteiger partial charge in [0.15, 0.2) is 0 Å². The Balaban J connectivity index is 3.10. The zero-order valence-electron chi connectivity index (χ0n) is 7.34. The van der Waals surface area contributed by atoms with E-state index < -0.39 is 27.6 Å². The van der Waals surface area contributed by atoms with Gasteiger partial charge in [0.25, 0.3) is 0 Å². The van der Waals surface area contributed by atoms with E-state index in [9.17, 15) is 17.2 Å². The Morgan fingerprint density at radius 1 is 1.13 bits per heavy atom. The van der Waals surface area contributed by atoms with Crippen LogP contribution in [0.3, 0.4) is 0 Å². The highest BCUT2D eigenvalue weighted by Gasteiger charge is 2.26. The van der Waals surface area contributed by atoms with Crippen molar-refractivity contribution in [3.63, 3.8) is 0 Å². The van der Waals surface area contributed by atoms with Crippen LogP contribution >= 0.6 is 0 Å². The van der Waals surface area contributed by atoms with Gasteiger partial charge in [0.1, 0.15) is 0 Å². The number of hydrogen-bond acceptors (Lipinski definition) is 4. The number of rotatable bonds is 3. The van der Waals surface area contributed by atoms with Crippen molar-refractivity contribution < 1.29 is 27.2 Å². The molecule has 1 rings (SSSR count). The highest BCUT2D eigenvalue weighted by atomic mass is 32.2. The largest absolute Gasteiger partial charge is 0.488 e. The van der Waals surface area contributed by atoms with Crippen molar-refractivity contribution in [2.75, 3.05) is 0 Å². The maximum Gasteiger partial charge on any atom is 0.488 e. The fourth-order valence-electron chi connectivity index (χ4n) is 0.933. The summed E-state index contributed by atoms with van der Waals surface area (Å²) in [7, 11) is -6.37. The summed E-state index contributed by atoms with van der Waals surface area (Å²) in [6.45, 7) is 0. The lowest BCUT2D eigenvalue weighted by molar-refractivity contribution is 0.234. The Morgan fingerprint density at radius 3 is 1.93 bits per heavy atom. The predicted octanol–water partition coefficient (Wildman–Crippen LogP) is -0.637. The molecule has 0 radical (unpaired) electrons. The van der Waals surface area contributed by atoms with Crippen LogP contribution in [-0.4, -0.2) is 31.3 Å². The standard InChI is InChI=1S/C7H7BF2O4S/c9-7(10)15(13,14)6-3-1-5(2-4-6)8(11)12/h1-4,7,11-12H. The smallest absolute Gasteiger partial charge is 0.423 e. The molecule has 0 unspecified atom stereocenters. The summed E-state index contributed by atoms with van der Waals surface area (Å²) in [6.07, 6.45) is 0. The number of halogens is 2. The maximum atomic E-state index is 12.1. The van der Waals surface area contributed by atoms with E-state index in [1.165, 1.54) is 0 Å². The van der Waals surface area contributed by atoms with Gasteiger partial charge in [0, 0.05) is 0 Å². The van der Waals surface area contributed by atoms with Gasteiger partial charge < -0.3 is 10.0 Å². The van der Waals surface area contributed by atoms with Crippen molar-refractivity contribution in [3.05, 3.63) is 24.3 Å². The molecule has 0 heterocycles. The Morgan fingerprint density at radius 2 is 1.60 bits per heavy atom. The zero-order chi connectivity index (χ0) is 11.6. The SMILES string of the molecule is O=S(=O)(c1ccc(B(O)O)cc1)C(F)F. The first kappa shape index (κ1) is 12.1. The van der Waals surface area contributed by atoms with Crippen LogP contribution < -0.4 is 5.46 Å². The van der Waals surface area contributed by atoms with Gasteiger partial charge in [-0.25, -0.2) is 8.42 Å². The minimum Gasteiger partial charge on any atom is -0.423 e. The van der Waals surface area contributed by atoms with Crippen LogP contribution in [0.25, 0.3) is 0 Å². The number of benzene rings is 1. The number of sulfone groups is 1. The fourth-order valence-corrected chi connectivity index (χ4v) is 1.65. The molecule has 8 heteroatoms. The summed E-state index contributed by atoms with van der Waals surface area (Å²) in [5.74, 6) is -3.48. The third-order valence-electron chi connectivity index (χ3n) is 1.74. The second kappa shape index (κ2) is 4.25. The lowest BCUT2D eigenvalue weighted by atomic mass is 9.81. The summed E-state index contributed by atoms with van der Waals surface area (Å²) in [5, 5.41) is 17.4. The molecule has 0 saturated heterocycles. The molecule has 0 atom stereocenters. The summed E-state index contributed by atoms with van der Waals surface area (Å²) in [6, 6.07) is 3.91. The van der Waals surface area contributed by atoms with E-state index >= 15 is 0 Å². The van der Waals surface area contributed by atoms with Crippen LogP contribution in [0, 0.1) is 0 Å². The summed E-state index contributed by atoms with van der Waals surface area (Å²) >= 11 is 0. The van der Waals surface area contributed by atoms with Crippen molar-refractivity contribution in [1.29, 1.82) is 0 Å². The molecule has 2 N–H and O–H groups in total. The molecule has 0 saturated carbocycles. The average Bonchev–Trinajstić information content (AvgIpc) is 2.17. The highest BCUT2D eigenvalue weighted by Crippen LogP contribution is 2.16. The monoisotopic (exact) mass is 236 g/mol. The fraction of sp³-hybridized carbons (Fsp3) is 0.143. The van der Waals surface area contributed by atoms with Crippen molar-refractivity contribution in [2.24, 2.45) is 0 Å². The van der Waals surface area contributed by atoms with Crippen LogP contribution in [0.1, 0.15) is 0 Å². The Labute approximate surface area is 85.2 Å². The zero-order valence-corrected chi connectivity index (χ0v) is 8.16. The van der Waals surface area contributed by atoms with Crippen molar-refractivity contribution in [2.45, 2.75) is 10.7 Å². The first-order valence-electron chi connectivity index (χ1n) is 3.84. The quantitative estimate of drug-likeness (QED) is 0.684. The molecule has 82 valence electrons. The lowest BCUT2D eigenvalue weighted by Gasteiger charge is -2.04. The molecule has 1 aromatic rings. The van der Waals surface area contributed by atoms with E-state index in [2.05, 4.69) is 0 Å². The topological polar surface area (TPSA) is 74.6 Å². The molecule has 15 heavy (non-hydrogen) atoms. The van der Waals surface area contributed by atoms with Crippen LogP contribution in [0.5, 0.6) is 0 Å². The summed E-state index contributed by atoms with van der Waals surface area (Å²) < 4.78 is 46.0. The Kier molecular flexibility index (Phi) is 3.43. The summed E-state index contributed by atoms with van der Waals surface area (Å²) in [4.78, 5) is -0.554. The molecule has 0 bridgehead atoms. The van der Waals surface area contributed by atoms with Gasteiger partial charge in [-0.3, -0.25) is 0 Å². The lowest BCUT2D eigenvalue weighted by Crippen LogP contribution is -2.29. The van der Waals surface area contributed by atoms with Crippen LogP contribution in [-0.2, 0) is 9.84 Å². The van der Waals surface area contributed by atoms with Gasteiger partial charge in [0.05, 0.1) is 4.90 Å². The second-order valence-electron chi connectivity index (χ2n) is 2.75. The third-order valence-corrected chi connectivity index (χ3v) is 3.14. The molecule has 0 fully saturated rings. The number of alkyl halides is 2. The van der Waals surface area contributed by atoms with Gasteiger partial charge in [-0.2, -0.15) is 8.78 Å². The van der Waals surface area contributed by atoms with Gasteiger partial charge in [-0.05, 0) is 17.6 Å². The first-order valence-corrected chi connectivity index (χ1v) is 5.38. The molecule has 0 amide bonds. The van der Waals surface area contributed by atoms with E-state index in [0.717, 1.165) is 24.3 Å². The molecule has 0 spiro atoms. The predicted molar refractivity (Wildman–Crippen MR) is 49.5 cm³/mol. The molecule has 0 aromatic heterocycles. The normalized spacial score (nSPS) is 11.8. The Hall–Kier alpha value is -0.985.